The summed E-state index contributed by atoms with van der Waals surface area (Å²) in [5, 5.41) is 39.5. The molecule has 108 heavy (non-hydrogen) atoms. The van der Waals surface area contributed by atoms with Gasteiger partial charge in [-0.15, -0.1) is 11.3 Å². The van der Waals surface area contributed by atoms with Crippen molar-refractivity contribution in [1.82, 2.24) is 49.3 Å². The number of hydrogen-bond acceptors (Lipinski definition) is 14. The molecule has 30 heteroatoms. The number of halogens is 8. The van der Waals surface area contributed by atoms with Gasteiger partial charge in [0.25, 0.3) is 23.6 Å². The van der Waals surface area contributed by atoms with Gasteiger partial charge in [-0.3, -0.25) is 37.9 Å². The second-order valence-corrected chi connectivity index (χ2v) is 25.9. The zero-order chi connectivity index (χ0) is 75.6. The van der Waals surface area contributed by atoms with Gasteiger partial charge in [0.15, 0.2) is 35.4 Å². The van der Waals surface area contributed by atoms with Crippen LogP contribution in [-0.2, 0) is 38.5 Å². The molecule has 544 valence electrons. The van der Waals surface area contributed by atoms with Crippen LogP contribution in [0.2, 0.25) is 10.0 Å². The lowest BCUT2D eigenvalue weighted by Gasteiger charge is -2.08. The lowest BCUT2D eigenvalue weighted by molar-refractivity contribution is -0.138. The lowest BCUT2D eigenvalue weighted by atomic mass is 10.1. The molecule has 16 aromatic rings. The highest BCUT2D eigenvalue weighted by molar-refractivity contribution is 7.12. The first-order chi connectivity index (χ1) is 52.1. The Morgan fingerprint density at radius 1 is 0.444 bits per heavy atom. The standard InChI is InChI=1S/C20H15F3N4O2.C20H14F3N3OS.C19H15ClN4O2.C19H14ClN3O2/c1-12-17(24-11-29-12)19(28)25-18-15-4-2-3-5-16(15)27(26-18)10-13-6-8-14(9-7-13)20(21,22)23;21-20(22,23)14-9-7-13(8-10-14)12-26-16-5-2-1-4-15(16)18(25-26)24-19(27)17-6-3-11-28-17;1-12-16(11-26-23-12)19(25)21-18-15-4-2-3-5-17(15)24(22-18)10-13-6-8-14(20)9-7-13;20-15-7-5-13(6-8-15)11-23-17-4-2-1-3-16(17)18(22-23)21-19(24)14-9-10-25-12-14/h2-9,11H,10H2,1H3,(H,25,26,28);1-11H,12H2,(H,24,25,27);2-9,11H,10H2,1H3,(H,21,22,25);1-10,12H,11H2,(H,21,22,24). The first kappa shape index (κ1) is 73.4. The highest BCUT2D eigenvalue weighted by Crippen LogP contribution is 2.34. The van der Waals surface area contributed by atoms with E-state index in [1.54, 1.807) is 47.5 Å². The van der Waals surface area contributed by atoms with E-state index in [1.165, 1.54) is 60.8 Å². The summed E-state index contributed by atoms with van der Waals surface area (Å²) in [6.07, 6.45) is -3.36. The molecule has 8 aromatic heterocycles. The average Bonchev–Trinajstić information content (AvgIpc) is 1.66. The van der Waals surface area contributed by atoms with Crippen LogP contribution in [-0.4, -0.2) is 72.9 Å². The predicted octanol–water partition coefficient (Wildman–Crippen LogP) is 18.9. The van der Waals surface area contributed by atoms with Gasteiger partial charge in [-0.05, 0) is 151 Å². The van der Waals surface area contributed by atoms with Crippen LogP contribution in [0, 0.1) is 13.8 Å². The van der Waals surface area contributed by atoms with Crippen LogP contribution in [0.25, 0.3) is 43.6 Å². The fourth-order valence-corrected chi connectivity index (χ4v) is 12.2. The number of carbonyl (C=O) groups is 4. The SMILES string of the molecule is Cc1nocc1C(=O)Nc1nn(Cc2ccc(Cl)cc2)c2ccccc12.Cc1ocnc1C(=O)Nc1nn(Cc2ccc(C(F)(F)F)cc2)c2ccccc12.O=C(Nc1nn(Cc2ccc(C(F)(F)F)cc2)c2ccccc12)c1cccs1.O=C(Nc1nn(Cc2ccc(Cl)cc2)c2ccccc12)c1ccoc1. The van der Waals surface area contributed by atoms with Crippen molar-refractivity contribution in [3.05, 3.63) is 319 Å². The number of nitrogens with zero attached hydrogens (tertiary/aromatic N) is 10. The third-order valence-corrected chi connectivity index (χ3v) is 18.1. The summed E-state index contributed by atoms with van der Waals surface area (Å²) < 4.78 is 98.3. The molecule has 0 aliphatic heterocycles. The molecular weight excluding hydrogens is 1460 g/mol. The zero-order valence-electron chi connectivity index (χ0n) is 56.7. The number of benzene rings is 8. The largest absolute Gasteiger partial charge is 0.472 e. The normalized spacial score (nSPS) is 11.4. The summed E-state index contributed by atoms with van der Waals surface area (Å²) >= 11 is 13.2. The minimum Gasteiger partial charge on any atom is -0.472 e. The summed E-state index contributed by atoms with van der Waals surface area (Å²) in [6.45, 7) is 5.03. The van der Waals surface area contributed by atoms with Gasteiger partial charge in [0.2, 0.25) is 0 Å². The molecule has 4 amide bonds. The molecule has 8 aromatic carbocycles. The number of amides is 4. The molecule has 4 N–H and O–H groups in total. The van der Waals surface area contributed by atoms with E-state index in [1.807, 2.05) is 154 Å². The van der Waals surface area contributed by atoms with Crippen molar-refractivity contribution >= 4 is 125 Å². The van der Waals surface area contributed by atoms with Crippen LogP contribution in [0.1, 0.15) is 85.7 Å². The highest BCUT2D eigenvalue weighted by Gasteiger charge is 2.31. The van der Waals surface area contributed by atoms with Crippen molar-refractivity contribution in [1.29, 1.82) is 0 Å². The van der Waals surface area contributed by atoms with Crippen molar-refractivity contribution in [3.63, 3.8) is 0 Å². The van der Waals surface area contributed by atoms with Crippen molar-refractivity contribution < 1.29 is 58.9 Å². The first-order valence-electron chi connectivity index (χ1n) is 32.8. The third kappa shape index (κ3) is 17.4. The molecule has 0 unspecified atom stereocenters. The molecule has 0 saturated heterocycles. The Morgan fingerprint density at radius 2 is 0.824 bits per heavy atom. The molecule has 21 nitrogen and oxygen atoms in total. The molecule has 0 fully saturated rings. The lowest BCUT2D eigenvalue weighted by Crippen LogP contribution is -2.14. The van der Waals surface area contributed by atoms with Crippen LogP contribution in [0.15, 0.2) is 256 Å². The highest BCUT2D eigenvalue weighted by atomic mass is 35.5. The van der Waals surface area contributed by atoms with Gasteiger partial charge in [0.05, 0.1) is 81.8 Å². The quantitative estimate of drug-likeness (QED) is 0.0658. The minimum absolute atomic E-state index is 0.159. The van der Waals surface area contributed by atoms with E-state index in [2.05, 4.69) is 51.8 Å². The molecular formula is C78H58Cl2F6N14O7S. The number of carbonyl (C=O) groups excluding carboxylic acids is 4. The third-order valence-electron chi connectivity index (χ3n) is 16.8. The van der Waals surface area contributed by atoms with Gasteiger partial charge in [0, 0.05) is 31.6 Å². The minimum atomic E-state index is -4.38. The van der Waals surface area contributed by atoms with E-state index in [9.17, 15) is 45.5 Å². The molecule has 0 aliphatic carbocycles. The number of hydrogen-bond donors (Lipinski definition) is 4. The number of nitrogens with one attached hydrogen (secondary N) is 4. The summed E-state index contributed by atoms with van der Waals surface area (Å²) in [7, 11) is 0. The fraction of sp³-hybridized carbons (Fsp3) is 0.103. The van der Waals surface area contributed by atoms with E-state index < -0.39 is 29.4 Å². The molecule has 0 atom stereocenters. The number of fused-ring (bicyclic) bond motifs is 4. The predicted molar refractivity (Wildman–Crippen MR) is 398 cm³/mol. The van der Waals surface area contributed by atoms with Gasteiger partial charge in [0.1, 0.15) is 23.9 Å². The van der Waals surface area contributed by atoms with Gasteiger partial charge < -0.3 is 34.6 Å². The molecule has 16 rings (SSSR count). The number of aromatic nitrogens is 10. The molecule has 0 aliphatic rings. The van der Waals surface area contributed by atoms with E-state index in [0.29, 0.717) is 90.4 Å². The van der Waals surface area contributed by atoms with E-state index in [-0.39, 0.29) is 36.5 Å². The number of thiophene rings is 1. The molecule has 8 heterocycles. The van der Waals surface area contributed by atoms with Crippen molar-refractivity contribution in [2.45, 2.75) is 52.4 Å². The van der Waals surface area contributed by atoms with Crippen LogP contribution in [0.4, 0.5) is 49.6 Å². The summed E-state index contributed by atoms with van der Waals surface area (Å²) in [4.78, 5) is 54.0. The Morgan fingerprint density at radius 3 is 1.17 bits per heavy atom. The Labute approximate surface area is 622 Å². The van der Waals surface area contributed by atoms with Gasteiger partial charge >= 0.3 is 12.4 Å². The maximum absolute atomic E-state index is 12.8. The van der Waals surface area contributed by atoms with Crippen molar-refractivity contribution in [3.8, 4) is 0 Å². The topological polar surface area (TPSA) is 253 Å². The number of furan rings is 1. The average molecular weight is 1520 g/mol. The number of aryl methyl sites for hydroxylation is 2. The zero-order valence-corrected chi connectivity index (χ0v) is 59.0. The Bertz CT molecular complexity index is 5840. The number of rotatable bonds is 16. The maximum atomic E-state index is 12.8. The number of oxazole rings is 1. The van der Waals surface area contributed by atoms with E-state index >= 15 is 0 Å². The fourth-order valence-electron chi connectivity index (χ4n) is 11.4. The Kier molecular flexibility index (Phi) is 21.9. The van der Waals surface area contributed by atoms with Gasteiger partial charge in [-0.25, -0.2) is 4.98 Å². The van der Waals surface area contributed by atoms with Gasteiger partial charge in [-0.2, -0.15) is 46.7 Å². The van der Waals surface area contributed by atoms with Crippen molar-refractivity contribution in [2.75, 3.05) is 21.3 Å². The van der Waals surface area contributed by atoms with Crippen molar-refractivity contribution in [2.24, 2.45) is 0 Å². The smallest absolute Gasteiger partial charge is 0.416 e. The molecule has 0 spiro atoms. The van der Waals surface area contributed by atoms with E-state index in [0.717, 1.165) is 73.6 Å². The summed E-state index contributed by atoms with van der Waals surface area (Å²) in [6, 6.07) is 60.4. The molecule has 0 saturated carbocycles. The molecule has 0 radical (unpaired) electrons. The first-order valence-corrected chi connectivity index (χ1v) is 34.5. The number of alkyl halides is 6. The monoisotopic (exact) mass is 1520 g/mol. The Hall–Kier alpha value is -12.9. The molecule has 0 bridgehead atoms. The van der Waals surface area contributed by atoms with Crippen LogP contribution in [0.5, 0.6) is 0 Å². The number of anilines is 4. The number of para-hydroxylation sites is 4. The maximum Gasteiger partial charge on any atom is 0.416 e. The van der Waals surface area contributed by atoms with Gasteiger partial charge in [-0.1, -0.05) is 131 Å². The summed E-state index contributed by atoms with van der Waals surface area (Å²) in [5.74, 6) is 0.898. The second kappa shape index (κ2) is 32.2. The second-order valence-electron chi connectivity index (χ2n) is 24.1. The van der Waals surface area contributed by atoms with E-state index in [4.69, 9.17) is 36.6 Å². The van der Waals surface area contributed by atoms with Crippen LogP contribution < -0.4 is 21.3 Å². The van der Waals surface area contributed by atoms with Crippen LogP contribution >= 0.6 is 34.5 Å². The van der Waals surface area contributed by atoms with Crippen LogP contribution in [0.3, 0.4) is 0 Å². The summed E-state index contributed by atoms with van der Waals surface area (Å²) in [5.41, 5.74) is 7.00. The Balaban J connectivity index is 0.000000127.